The van der Waals surface area contributed by atoms with Crippen LogP contribution in [0.25, 0.3) is 0 Å². The van der Waals surface area contributed by atoms with E-state index < -0.39 is 0 Å². The fraction of sp³-hybridized carbons (Fsp3) is 0.900. The van der Waals surface area contributed by atoms with E-state index >= 15 is 0 Å². The van der Waals surface area contributed by atoms with Crippen LogP contribution in [0.4, 0.5) is 0 Å². The van der Waals surface area contributed by atoms with Crippen LogP contribution < -0.4 is 0 Å². The normalized spacial score (nSPS) is 29.2. The van der Waals surface area contributed by atoms with Gasteiger partial charge in [0.15, 0.2) is 5.78 Å². The zero-order valence-electron chi connectivity index (χ0n) is 8.55. The van der Waals surface area contributed by atoms with Crippen LogP contribution in [0.3, 0.4) is 0 Å². The molecule has 1 saturated heterocycles. The first-order chi connectivity index (χ1) is 5.34. The SMILES string of the molecule is CC(C)[C@H]1O[C@@H]1C(=O)C(C)(C)C. The molecular weight excluding hydrogens is 152 g/mol. The summed E-state index contributed by atoms with van der Waals surface area (Å²) in [6.45, 7) is 9.98. The minimum atomic E-state index is -0.256. The van der Waals surface area contributed by atoms with Crippen molar-refractivity contribution in [1.29, 1.82) is 0 Å². The lowest BCUT2D eigenvalue weighted by molar-refractivity contribution is -0.127. The highest BCUT2D eigenvalue weighted by Crippen LogP contribution is 2.34. The molecule has 1 aliphatic heterocycles. The summed E-state index contributed by atoms with van der Waals surface area (Å²) in [5, 5.41) is 0. The third-order valence-electron chi connectivity index (χ3n) is 2.18. The first kappa shape index (κ1) is 9.72. The standard InChI is InChI=1S/C10H18O2/c1-6(2)7-8(12-7)9(11)10(3,4)5/h6-8H,1-5H3/t7-,8+/m1/s1. The second-order valence-corrected chi connectivity index (χ2v) is 4.88. The molecular formula is C10H18O2. The topological polar surface area (TPSA) is 29.6 Å². The third kappa shape index (κ3) is 1.86. The van der Waals surface area contributed by atoms with Crippen LogP contribution in [0.1, 0.15) is 34.6 Å². The first-order valence-corrected chi connectivity index (χ1v) is 4.54. The molecule has 0 aromatic carbocycles. The lowest BCUT2D eigenvalue weighted by Gasteiger charge is -2.14. The molecule has 2 heteroatoms. The van der Waals surface area contributed by atoms with Crippen LogP contribution in [0.5, 0.6) is 0 Å². The van der Waals surface area contributed by atoms with Gasteiger partial charge in [0.25, 0.3) is 0 Å². The number of Topliss-reactive ketones (excluding diaryl/α,β-unsaturated/α-hetero) is 1. The second kappa shape index (κ2) is 2.84. The molecule has 0 aromatic rings. The van der Waals surface area contributed by atoms with E-state index in [9.17, 15) is 4.79 Å². The Morgan fingerprint density at radius 3 is 2.08 bits per heavy atom. The molecule has 0 aliphatic carbocycles. The zero-order chi connectivity index (χ0) is 9.52. The van der Waals surface area contributed by atoms with Crippen molar-refractivity contribution >= 4 is 5.78 Å². The molecule has 12 heavy (non-hydrogen) atoms. The molecule has 0 saturated carbocycles. The van der Waals surface area contributed by atoms with Gasteiger partial charge in [0.1, 0.15) is 6.10 Å². The Kier molecular flexibility index (Phi) is 2.30. The lowest BCUT2D eigenvalue weighted by Crippen LogP contribution is -2.27. The van der Waals surface area contributed by atoms with Crippen molar-refractivity contribution in [2.75, 3.05) is 0 Å². The Labute approximate surface area is 74.3 Å². The van der Waals surface area contributed by atoms with Crippen molar-refractivity contribution in [3.05, 3.63) is 0 Å². The van der Waals surface area contributed by atoms with E-state index in [2.05, 4.69) is 13.8 Å². The van der Waals surface area contributed by atoms with Gasteiger partial charge in [0.05, 0.1) is 6.10 Å². The first-order valence-electron chi connectivity index (χ1n) is 4.54. The zero-order valence-corrected chi connectivity index (χ0v) is 8.55. The molecule has 1 heterocycles. The molecule has 2 nitrogen and oxygen atoms in total. The highest BCUT2D eigenvalue weighted by atomic mass is 16.6. The molecule has 0 radical (unpaired) electrons. The molecule has 0 aromatic heterocycles. The van der Waals surface area contributed by atoms with Crippen LogP contribution in [0.2, 0.25) is 0 Å². The Bertz CT molecular complexity index is 189. The summed E-state index contributed by atoms with van der Waals surface area (Å²) < 4.78 is 5.32. The van der Waals surface area contributed by atoms with Crippen molar-refractivity contribution in [3.8, 4) is 0 Å². The Balaban J connectivity index is 2.49. The number of rotatable bonds is 2. The van der Waals surface area contributed by atoms with Gasteiger partial charge >= 0.3 is 0 Å². The number of hydrogen-bond acceptors (Lipinski definition) is 2. The van der Waals surface area contributed by atoms with E-state index in [1.165, 1.54) is 0 Å². The maximum atomic E-state index is 11.6. The van der Waals surface area contributed by atoms with Crippen molar-refractivity contribution in [3.63, 3.8) is 0 Å². The van der Waals surface area contributed by atoms with E-state index in [4.69, 9.17) is 4.74 Å². The highest BCUT2D eigenvalue weighted by molar-refractivity contribution is 5.90. The van der Waals surface area contributed by atoms with E-state index in [0.29, 0.717) is 5.92 Å². The van der Waals surface area contributed by atoms with Gasteiger partial charge in [0.2, 0.25) is 0 Å². The maximum absolute atomic E-state index is 11.6. The summed E-state index contributed by atoms with van der Waals surface area (Å²) >= 11 is 0. The average molecular weight is 170 g/mol. The molecule has 0 spiro atoms. The molecule has 0 unspecified atom stereocenters. The quantitative estimate of drug-likeness (QED) is 0.593. The van der Waals surface area contributed by atoms with Crippen molar-refractivity contribution in [2.45, 2.75) is 46.8 Å². The van der Waals surface area contributed by atoms with E-state index in [1.54, 1.807) is 0 Å². The second-order valence-electron chi connectivity index (χ2n) is 4.88. The Morgan fingerprint density at radius 2 is 1.83 bits per heavy atom. The number of ether oxygens (including phenoxy) is 1. The number of hydrogen-bond donors (Lipinski definition) is 0. The summed E-state index contributed by atoms with van der Waals surface area (Å²) in [6, 6.07) is 0. The van der Waals surface area contributed by atoms with Crippen molar-refractivity contribution in [1.82, 2.24) is 0 Å². The molecule has 2 atom stereocenters. The van der Waals surface area contributed by atoms with Crippen LogP contribution in [-0.2, 0) is 9.53 Å². The monoisotopic (exact) mass is 170 g/mol. The van der Waals surface area contributed by atoms with Crippen molar-refractivity contribution < 1.29 is 9.53 Å². The summed E-state index contributed by atoms with van der Waals surface area (Å²) in [6.07, 6.45) is 0.0572. The maximum Gasteiger partial charge on any atom is 0.169 e. The van der Waals surface area contributed by atoms with Crippen LogP contribution in [-0.4, -0.2) is 18.0 Å². The van der Waals surface area contributed by atoms with Gasteiger partial charge < -0.3 is 4.74 Å². The Morgan fingerprint density at radius 1 is 1.33 bits per heavy atom. The van der Waals surface area contributed by atoms with Gasteiger partial charge in [-0.3, -0.25) is 4.79 Å². The predicted octanol–water partition coefficient (Wildman–Crippen LogP) is 2.02. The summed E-state index contributed by atoms with van der Waals surface area (Å²) in [5.41, 5.74) is -0.256. The third-order valence-corrected chi connectivity index (χ3v) is 2.18. The Hall–Kier alpha value is -0.370. The van der Waals surface area contributed by atoms with Crippen molar-refractivity contribution in [2.24, 2.45) is 11.3 Å². The molecule has 0 bridgehead atoms. The van der Waals surface area contributed by atoms with Gasteiger partial charge in [-0.25, -0.2) is 0 Å². The van der Waals surface area contributed by atoms with Gasteiger partial charge in [-0.2, -0.15) is 0 Å². The van der Waals surface area contributed by atoms with Crippen LogP contribution >= 0.6 is 0 Å². The highest BCUT2D eigenvalue weighted by Gasteiger charge is 2.49. The van der Waals surface area contributed by atoms with Crippen LogP contribution in [0.15, 0.2) is 0 Å². The van der Waals surface area contributed by atoms with E-state index in [1.807, 2.05) is 20.8 Å². The lowest BCUT2D eigenvalue weighted by atomic mass is 9.87. The molecule has 1 fully saturated rings. The minimum absolute atomic E-state index is 0.120. The van der Waals surface area contributed by atoms with E-state index in [0.717, 1.165) is 0 Å². The van der Waals surface area contributed by atoms with Gasteiger partial charge in [-0.1, -0.05) is 34.6 Å². The number of carbonyl (C=O) groups is 1. The average Bonchev–Trinajstić information content (AvgIpc) is 2.61. The fourth-order valence-corrected chi connectivity index (χ4v) is 1.27. The number of ketones is 1. The summed E-state index contributed by atoms with van der Waals surface area (Å²) in [4.78, 5) is 11.6. The number of carbonyl (C=O) groups excluding carboxylic acids is 1. The largest absolute Gasteiger partial charge is 0.361 e. The predicted molar refractivity (Wildman–Crippen MR) is 48.0 cm³/mol. The number of epoxide rings is 1. The molecule has 1 aliphatic rings. The van der Waals surface area contributed by atoms with E-state index in [-0.39, 0.29) is 23.4 Å². The summed E-state index contributed by atoms with van der Waals surface area (Å²) in [5.74, 6) is 0.697. The summed E-state index contributed by atoms with van der Waals surface area (Å²) in [7, 11) is 0. The minimum Gasteiger partial charge on any atom is -0.361 e. The molecule has 70 valence electrons. The van der Waals surface area contributed by atoms with Gasteiger partial charge in [-0.15, -0.1) is 0 Å². The molecule has 0 N–H and O–H groups in total. The molecule has 1 rings (SSSR count). The smallest absolute Gasteiger partial charge is 0.169 e. The molecule has 0 amide bonds. The van der Waals surface area contributed by atoms with Gasteiger partial charge in [0, 0.05) is 5.41 Å². The fourth-order valence-electron chi connectivity index (χ4n) is 1.27. The van der Waals surface area contributed by atoms with Crippen LogP contribution in [0, 0.1) is 11.3 Å². The van der Waals surface area contributed by atoms with Gasteiger partial charge in [-0.05, 0) is 5.92 Å².